The molecule has 0 aromatic heterocycles. The maximum Gasteiger partial charge on any atom is 0.513 e. The van der Waals surface area contributed by atoms with Gasteiger partial charge < -0.3 is 38.8 Å². The van der Waals surface area contributed by atoms with E-state index in [-0.39, 0.29) is 55.6 Å². The van der Waals surface area contributed by atoms with Crippen molar-refractivity contribution < 1.29 is 52.7 Å². The van der Waals surface area contributed by atoms with Crippen LogP contribution in [0.15, 0.2) is 18.2 Å². The third-order valence-electron chi connectivity index (χ3n) is 5.78. The molecule has 0 saturated carbocycles. The number of carboxylic acids is 1. The fourth-order valence-electron chi connectivity index (χ4n) is 2.96. The molecule has 0 saturated heterocycles. The molecule has 226 valence electrons. The Bertz CT molecular complexity index is 966. The maximum atomic E-state index is 12.3. The molecular weight excluding hydrogens is 526 g/mol. The van der Waals surface area contributed by atoms with E-state index in [1.807, 2.05) is 27.7 Å². The van der Waals surface area contributed by atoms with E-state index in [1.165, 1.54) is 18.2 Å². The Morgan fingerprint density at radius 3 is 1.85 bits per heavy atom. The van der Waals surface area contributed by atoms with E-state index in [0.29, 0.717) is 5.56 Å². The fourth-order valence-corrected chi connectivity index (χ4v) is 2.96. The molecule has 2 N–H and O–H groups in total. The number of carboxylic acid groups (broad SMARTS) is 1. The lowest BCUT2D eigenvalue weighted by molar-refractivity contribution is -0.139. The average Bonchev–Trinajstić information content (AvgIpc) is 2.88. The second kappa shape index (κ2) is 17.9. The van der Waals surface area contributed by atoms with Crippen LogP contribution in [-0.2, 0) is 30.2 Å². The van der Waals surface area contributed by atoms with Crippen molar-refractivity contribution in [3.63, 3.8) is 0 Å². The topological polar surface area (TPSA) is 156 Å². The van der Waals surface area contributed by atoms with Gasteiger partial charge in [-0.1, -0.05) is 46.6 Å². The third kappa shape index (κ3) is 14.0. The molecule has 1 aromatic carbocycles. The molecule has 0 spiro atoms. The highest BCUT2D eigenvalue weighted by Gasteiger charge is 2.23. The van der Waals surface area contributed by atoms with Gasteiger partial charge >= 0.3 is 24.4 Å². The highest BCUT2D eigenvalue weighted by molar-refractivity contribution is 5.74. The summed E-state index contributed by atoms with van der Waals surface area (Å²) in [4.78, 5) is 48.1. The lowest BCUT2D eigenvalue weighted by Gasteiger charge is -2.19. The number of rotatable bonds is 16. The van der Waals surface area contributed by atoms with Crippen LogP contribution in [0.4, 0.5) is 14.4 Å². The van der Waals surface area contributed by atoms with Crippen LogP contribution in [0.3, 0.4) is 0 Å². The zero-order valence-electron chi connectivity index (χ0n) is 24.4. The summed E-state index contributed by atoms with van der Waals surface area (Å²) in [6.07, 6.45) is -2.26. The molecule has 0 aliphatic carbocycles. The van der Waals surface area contributed by atoms with Crippen LogP contribution in [0, 0.1) is 11.8 Å². The van der Waals surface area contributed by atoms with E-state index in [4.69, 9.17) is 28.4 Å². The number of benzene rings is 1. The molecule has 40 heavy (non-hydrogen) atoms. The first-order valence-corrected chi connectivity index (χ1v) is 13.5. The van der Waals surface area contributed by atoms with Crippen molar-refractivity contribution in [2.75, 3.05) is 19.8 Å². The number of carbonyl (C=O) groups excluding carboxylic acids is 3. The van der Waals surface area contributed by atoms with E-state index in [1.54, 1.807) is 20.8 Å². The van der Waals surface area contributed by atoms with Crippen molar-refractivity contribution in [1.29, 1.82) is 0 Å². The van der Waals surface area contributed by atoms with E-state index in [2.05, 4.69) is 5.32 Å². The minimum absolute atomic E-state index is 0.0322. The van der Waals surface area contributed by atoms with Crippen molar-refractivity contribution in [3.05, 3.63) is 23.8 Å². The molecule has 0 heterocycles. The number of carbonyl (C=O) groups is 4. The van der Waals surface area contributed by atoms with Gasteiger partial charge in [0, 0.05) is 6.54 Å². The van der Waals surface area contributed by atoms with Crippen LogP contribution in [0.2, 0.25) is 0 Å². The quantitative estimate of drug-likeness (QED) is 0.150. The predicted octanol–water partition coefficient (Wildman–Crippen LogP) is 5.35. The lowest BCUT2D eigenvalue weighted by Crippen LogP contribution is -2.42. The fraction of sp³-hybridized carbons (Fsp3) is 0.643. The van der Waals surface area contributed by atoms with Crippen molar-refractivity contribution in [2.45, 2.75) is 86.0 Å². The summed E-state index contributed by atoms with van der Waals surface area (Å²) in [7, 11) is 0. The molecule has 0 aliphatic rings. The van der Waals surface area contributed by atoms with Gasteiger partial charge in [-0.25, -0.2) is 14.4 Å². The molecule has 0 aliphatic heterocycles. The summed E-state index contributed by atoms with van der Waals surface area (Å²) >= 11 is 0. The van der Waals surface area contributed by atoms with Crippen LogP contribution < -0.4 is 14.8 Å². The molecule has 12 heteroatoms. The second-order valence-corrected chi connectivity index (χ2v) is 9.98. The zero-order chi connectivity index (χ0) is 30.2. The first kappa shape index (κ1) is 34.5. The standard InChI is InChI=1S/C28H43NO11/c1-8-18(5)15-35-26(32)39-23-11-10-21(13-24(23)40-27(33)36-16-19(6)9-2)12-22(25(30)31)29-14-20(7)38-28(34)37-17(3)4/h10-11,13,17-20,22,29H,8-9,12,14-16H2,1-7H3,(H,30,31)/t18?,19?,20?,22-/m0/s1. The van der Waals surface area contributed by atoms with Gasteiger partial charge in [0.05, 0.1) is 19.3 Å². The van der Waals surface area contributed by atoms with Crippen molar-refractivity contribution in [1.82, 2.24) is 5.32 Å². The Hall–Kier alpha value is -3.54. The van der Waals surface area contributed by atoms with E-state index in [0.717, 1.165) is 12.8 Å². The minimum Gasteiger partial charge on any atom is -0.480 e. The first-order valence-electron chi connectivity index (χ1n) is 13.5. The van der Waals surface area contributed by atoms with Crippen molar-refractivity contribution in [2.24, 2.45) is 11.8 Å². The molecule has 0 fully saturated rings. The largest absolute Gasteiger partial charge is 0.513 e. The van der Waals surface area contributed by atoms with Crippen molar-refractivity contribution in [3.8, 4) is 11.5 Å². The number of aliphatic carboxylic acids is 1. The number of ether oxygens (including phenoxy) is 6. The highest BCUT2D eigenvalue weighted by atomic mass is 16.7. The van der Waals surface area contributed by atoms with Gasteiger partial charge in [0.15, 0.2) is 11.5 Å². The smallest absolute Gasteiger partial charge is 0.480 e. The Morgan fingerprint density at radius 2 is 1.35 bits per heavy atom. The Balaban J connectivity index is 3.00. The summed E-state index contributed by atoms with van der Waals surface area (Å²) in [6, 6.07) is 3.22. The second-order valence-electron chi connectivity index (χ2n) is 9.98. The third-order valence-corrected chi connectivity index (χ3v) is 5.78. The molecular formula is C28H43NO11. The normalized spacial score (nSPS) is 13.9. The summed E-state index contributed by atoms with van der Waals surface area (Å²) in [5, 5.41) is 12.6. The molecule has 0 radical (unpaired) electrons. The first-order chi connectivity index (χ1) is 18.8. The van der Waals surface area contributed by atoms with Crippen LogP contribution in [0.25, 0.3) is 0 Å². The van der Waals surface area contributed by atoms with Gasteiger partial charge in [0.1, 0.15) is 12.1 Å². The van der Waals surface area contributed by atoms with Gasteiger partial charge in [-0.2, -0.15) is 0 Å². The Labute approximate surface area is 235 Å². The molecule has 1 aromatic rings. The van der Waals surface area contributed by atoms with E-state index in [9.17, 15) is 24.3 Å². The average molecular weight is 570 g/mol. The van der Waals surface area contributed by atoms with Gasteiger partial charge in [0.2, 0.25) is 0 Å². The summed E-state index contributed by atoms with van der Waals surface area (Å²) in [6.45, 7) is 13.0. The molecule has 4 atom stereocenters. The summed E-state index contributed by atoms with van der Waals surface area (Å²) < 4.78 is 30.8. The maximum absolute atomic E-state index is 12.3. The molecule has 3 unspecified atom stereocenters. The van der Waals surface area contributed by atoms with Gasteiger partial charge in [0.25, 0.3) is 0 Å². The number of nitrogens with one attached hydrogen (secondary N) is 1. The monoisotopic (exact) mass is 569 g/mol. The molecule has 0 bridgehead atoms. The van der Waals surface area contributed by atoms with Crippen LogP contribution in [0.1, 0.15) is 66.9 Å². The van der Waals surface area contributed by atoms with Crippen LogP contribution in [0.5, 0.6) is 11.5 Å². The van der Waals surface area contributed by atoms with Crippen LogP contribution >= 0.6 is 0 Å². The Morgan fingerprint density at radius 1 is 0.800 bits per heavy atom. The SMILES string of the molecule is CCC(C)COC(=O)Oc1ccc(C[C@H](NCC(C)OC(=O)OC(C)C)C(=O)O)cc1OC(=O)OCC(C)CC. The minimum atomic E-state index is -1.15. The van der Waals surface area contributed by atoms with Gasteiger partial charge in [-0.15, -0.1) is 0 Å². The van der Waals surface area contributed by atoms with E-state index < -0.39 is 36.6 Å². The number of hydrogen-bond acceptors (Lipinski definition) is 11. The molecule has 0 amide bonds. The van der Waals surface area contributed by atoms with Gasteiger partial charge in [-0.3, -0.25) is 4.79 Å². The Kier molecular flexibility index (Phi) is 15.5. The predicted molar refractivity (Wildman–Crippen MR) is 145 cm³/mol. The lowest BCUT2D eigenvalue weighted by atomic mass is 10.0. The van der Waals surface area contributed by atoms with Gasteiger partial charge in [-0.05, 0) is 56.7 Å². The van der Waals surface area contributed by atoms with Crippen molar-refractivity contribution >= 4 is 24.4 Å². The summed E-state index contributed by atoms with van der Waals surface area (Å²) in [5.74, 6) is -1.13. The van der Waals surface area contributed by atoms with Crippen LogP contribution in [-0.4, -0.2) is 67.6 Å². The highest BCUT2D eigenvalue weighted by Crippen LogP contribution is 2.30. The summed E-state index contributed by atoms with van der Waals surface area (Å²) in [5.41, 5.74) is 0.456. The van der Waals surface area contributed by atoms with E-state index >= 15 is 0 Å². The molecule has 12 nitrogen and oxygen atoms in total. The number of hydrogen-bond donors (Lipinski definition) is 2. The molecule has 1 rings (SSSR count). The zero-order valence-corrected chi connectivity index (χ0v) is 24.4.